The molecule has 0 aliphatic heterocycles. The summed E-state index contributed by atoms with van der Waals surface area (Å²) in [6.45, 7) is 7.96. The van der Waals surface area contributed by atoms with Crippen LogP contribution in [0.2, 0.25) is 0 Å². The molecule has 0 fully saturated rings. The number of benzene rings is 2. The smallest absolute Gasteiger partial charge is 0.312 e. The number of nitrogens with one attached hydrogen (secondary N) is 1. The molecule has 192 valence electrons. The number of aryl methyl sites for hydroxylation is 1. The third kappa shape index (κ3) is 5.34. The van der Waals surface area contributed by atoms with Crippen molar-refractivity contribution in [2.45, 2.75) is 51.3 Å². The number of aromatic nitrogens is 2. The summed E-state index contributed by atoms with van der Waals surface area (Å²) in [4.78, 5) is 30.0. The minimum Gasteiger partial charge on any atom is -0.481 e. The molecule has 1 aromatic heterocycles. The van der Waals surface area contributed by atoms with Crippen molar-refractivity contribution in [3.05, 3.63) is 75.7 Å². The number of hydrogen-bond acceptors (Lipinski definition) is 5. The van der Waals surface area contributed by atoms with Crippen molar-refractivity contribution in [2.24, 2.45) is 4.99 Å². The molecular weight excluding hydrogens is 480 g/mol. The second-order valence-corrected chi connectivity index (χ2v) is 10.1. The Morgan fingerprint density at radius 2 is 1.72 bits per heavy atom. The van der Waals surface area contributed by atoms with Crippen LogP contribution in [0.25, 0.3) is 5.69 Å². The van der Waals surface area contributed by atoms with Gasteiger partial charge in [-0.3, -0.25) is 19.7 Å². The van der Waals surface area contributed by atoms with Crippen LogP contribution in [0.4, 0.5) is 5.69 Å². The monoisotopic (exact) mass is 512 g/mol. The summed E-state index contributed by atoms with van der Waals surface area (Å²) in [6, 6.07) is 13.5. The Kier molecular flexibility index (Phi) is 8.65. The van der Waals surface area contributed by atoms with Crippen LogP contribution in [-0.2, 0) is 21.2 Å². The van der Waals surface area contributed by atoms with Crippen LogP contribution in [0.5, 0.6) is 0 Å². The number of para-hydroxylation sites is 1. The van der Waals surface area contributed by atoms with Gasteiger partial charge in [0.2, 0.25) is 10.0 Å². The number of nitrogens with zero attached hydrogens (tertiary/aromatic N) is 3. The molecule has 9 nitrogen and oxygen atoms in total. The van der Waals surface area contributed by atoms with E-state index in [1.807, 2.05) is 31.2 Å². The first-order valence-electron chi connectivity index (χ1n) is 12.0. The van der Waals surface area contributed by atoms with Gasteiger partial charge in [-0.2, -0.15) is 4.31 Å². The zero-order valence-corrected chi connectivity index (χ0v) is 21.7. The Morgan fingerprint density at radius 1 is 1.08 bits per heavy atom. The molecule has 1 heterocycles. The topological polar surface area (TPSA) is 125 Å². The SMILES string of the molecule is CCc1ccccc1N=Cc1c(C(CC)C(=O)O)[nH]n(-c2ccc(S(=O)(=O)N(CC)CC)cc2)c1=O. The maximum atomic E-state index is 13.4. The summed E-state index contributed by atoms with van der Waals surface area (Å²) in [5.74, 6) is -2.00. The molecule has 36 heavy (non-hydrogen) atoms. The summed E-state index contributed by atoms with van der Waals surface area (Å²) < 4.78 is 28.2. The number of aliphatic carboxylic acids is 1. The molecule has 0 spiro atoms. The zero-order valence-electron chi connectivity index (χ0n) is 20.9. The Balaban J connectivity index is 2.11. The van der Waals surface area contributed by atoms with Gasteiger partial charge in [-0.1, -0.05) is 45.9 Å². The zero-order chi connectivity index (χ0) is 26.5. The quantitative estimate of drug-likeness (QED) is 0.375. The van der Waals surface area contributed by atoms with E-state index >= 15 is 0 Å². The number of rotatable bonds is 11. The van der Waals surface area contributed by atoms with Crippen molar-refractivity contribution in [3.8, 4) is 5.69 Å². The van der Waals surface area contributed by atoms with Gasteiger partial charge in [0.05, 0.1) is 33.4 Å². The highest BCUT2D eigenvalue weighted by atomic mass is 32.2. The van der Waals surface area contributed by atoms with Gasteiger partial charge in [-0.25, -0.2) is 13.1 Å². The average Bonchev–Trinajstić information content (AvgIpc) is 3.19. The van der Waals surface area contributed by atoms with Gasteiger partial charge >= 0.3 is 5.97 Å². The van der Waals surface area contributed by atoms with Crippen molar-refractivity contribution in [3.63, 3.8) is 0 Å². The van der Waals surface area contributed by atoms with Crippen LogP contribution in [0, 0.1) is 0 Å². The lowest BCUT2D eigenvalue weighted by Gasteiger charge is -2.18. The molecule has 3 aromatic rings. The molecule has 2 aromatic carbocycles. The minimum atomic E-state index is -3.65. The fourth-order valence-electron chi connectivity index (χ4n) is 4.09. The summed E-state index contributed by atoms with van der Waals surface area (Å²) >= 11 is 0. The molecule has 0 aliphatic carbocycles. The van der Waals surface area contributed by atoms with Crippen molar-refractivity contribution in [2.75, 3.05) is 13.1 Å². The highest BCUT2D eigenvalue weighted by Crippen LogP contribution is 2.24. The maximum Gasteiger partial charge on any atom is 0.312 e. The Hall–Kier alpha value is -3.50. The van der Waals surface area contributed by atoms with Crippen molar-refractivity contribution < 1.29 is 18.3 Å². The van der Waals surface area contributed by atoms with Gasteiger partial charge in [0.1, 0.15) is 0 Å². The van der Waals surface area contributed by atoms with Crippen LogP contribution < -0.4 is 5.56 Å². The summed E-state index contributed by atoms with van der Waals surface area (Å²) in [5.41, 5.74) is 2.01. The van der Waals surface area contributed by atoms with E-state index in [1.54, 1.807) is 20.8 Å². The van der Waals surface area contributed by atoms with E-state index < -0.39 is 27.5 Å². The molecular formula is C26H32N4O5S. The summed E-state index contributed by atoms with van der Waals surface area (Å²) in [6.07, 6.45) is 2.43. The average molecular weight is 513 g/mol. The van der Waals surface area contributed by atoms with E-state index in [4.69, 9.17) is 0 Å². The minimum absolute atomic E-state index is 0.115. The van der Waals surface area contributed by atoms with E-state index in [2.05, 4.69) is 10.1 Å². The van der Waals surface area contributed by atoms with Gasteiger partial charge in [-0.05, 0) is 48.7 Å². The summed E-state index contributed by atoms with van der Waals surface area (Å²) in [7, 11) is -3.65. The summed E-state index contributed by atoms with van der Waals surface area (Å²) in [5, 5.41) is 12.7. The van der Waals surface area contributed by atoms with E-state index in [0.29, 0.717) is 24.5 Å². The Morgan fingerprint density at radius 3 is 2.28 bits per heavy atom. The predicted octanol–water partition coefficient (Wildman–Crippen LogP) is 4.09. The molecule has 2 N–H and O–H groups in total. The van der Waals surface area contributed by atoms with Gasteiger partial charge < -0.3 is 5.11 Å². The second-order valence-electron chi connectivity index (χ2n) is 8.20. The van der Waals surface area contributed by atoms with Crippen LogP contribution in [0.15, 0.2) is 63.2 Å². The second kappa shape index (κ2) is 11.5. The fraction of sp³-hybridized carbons (Fsp3) is 0.346. The lowest BCUT2D eigenvalue weighted by Crippen LogP contribution is -2.30. The Labute approximate surface area is 211 Å². The number of aliphatic imine (C=N–C) groups is 1. The van der Waals surface area contributed by atoms with Gasteiger partial charge in [0.25, 0.3) is 5.56 Å². The lowest BCUT2D eigenvalue weighted by molar-refractivity contribution is -0.138. The number of sulfonamides is 1. The third-order valence-electron chi connectivity index (χ3n) is 6.15. The number of hydrogen-bond donors (Lipinski definition) is 2. The molecule has 0 aliphatic rings. The maximum absolute atomic E-state index is 13.4. The first-order chi connectivity index (χ1) is 17.2. The molecule has 10 heteroatoms. The van der Waals surface area contributed by atoms with Crippen LogP contribution in [0.3, 0.4) is 0 Å². The molecule has 1 unspecified atom stereocenters. The molecule has 0 bridgehead atoms. The number of aromatic amines is 1. The van der Waals surface area contributed by atoms with Gasteiger partial charge in [0.15, 0.2) is 0 Å². The largest absolute Gasteiger partial charge is 0.481 e. The van der Waals surface area contributed by atoms with Crippen molar-refractivity contribution in [1.29, 1.82) is 0 Å². The standard InChI is InChI=1S/C26H32N4O5S/c1-5-18-11-9-10-12-23(18)27-17-22-24(21(6-2)26(32)33)28-30(25(22)31)19-13-15-20(16-14-19)36(34,35)29(7-3)8-4/h9-17,21,28H,5-8H2,1-4H3,(H,32,33). The normalized spacial score (nSPS) is 12.9. The Bertz CT molecular complexity index is 1400. The number of carbonyl (C=O) groups is 1. The van der Waals surface area contributed by atoms with Crippen LogP contribution in [-0.4, -0.2) is 52.9 Å². The van der Waals surface area contributed by atoms with Crippen molar-refractivity contribution in [1.82, 2.24) is 14.1 Å². The molecule has 0 saturated heterocycles. The van der Waals surface area contributed by atoms with E-state index in [1.165, 1.54) is 39.5 Å². The lowest BCUT2D eigenvalue weighted by atomic mass is 9.99. The molecule has 0 amide bonds. The first kappa shape index (κ1) is 27.1. The highest BCUT2D eigenvalue weighted by molar-refractivity contribution is 7.89. The van der Waals surface area contributed by atoms with Crippen molar-refractivity contribution >= 4 is 27.9 Å². The molecule has 0 saturated carbocycles. The molecule has 0 radical (unpaired) electrons. The van der Waals surface area contributed by atoms with Crippen LogP contribution in [0.1, 0.15) is 56.9 Å². The fourth-order valence-corrected chi connectivity index (χ4v) is 5.55. The molecule has 3 rings (SSSR count). The first-order valence-corrected chi connectivity index (χ1v) is 13.4. The molecule has 1 atom stereocenters. The van der Waals surface area contributed by atoms with E-state index in [9.17, 15) is 23.1 Å². The number of carboxylic acids is 1. The highest BCUT2D eigenvalue weighted by Gasteiger charge is 2.27. The number of H-pyrrole nitrogens is 1. The third-order valence-corrected chi connectivity index (χ3v) is 8.22. The predicted molar refractivity (Wildman–Crippen MR) is 140 cm³/mol. The van der Waals surface area contributed by atoms with Gasteiger partial charge in [0, 0.05) is 19.3 Å². The van der Waals surface area contributed by atoms with E-state index in [-0.39, 0.29) is 22.6 Å². The number of carboxylic acid groups (broad SMARTS) is 1. The van der Waals surface area contributed by atoms with Crippen LogP contribution >= 0.6 is 0 Å². The van der Waals surface area contributed by atoms with Gasteiger partial charge in [-0.15, -0.1) is 0 Å². The van der Waals surface area contributed by atoms with E-state index in [0.717, 1.165) is 12.0 Å².